The number of guanidine groups is 1. The molecule has 0 aliphatic heterocycles. The maximum absolute atomic E-state index is 5.53. The minimum absolute atomic E-state index is 0. The van der Waals surface area contributed by atoms with Crippen LogP contribution in [0.1, 0.15) is 16.7 Å². The fourth-order valence-electron chi connectivity index (χ4n) is 2.90. The fraction of sp³-hybridized carbons (Fsp3) is 0.381. The van der Waals surface area contributed by atoms with Gasteiger partial charge in [0.05, 0.1) is 21.3 Å². The van der Waals surface area contributed by atoms with Gasteiger partial charge in [-0.15, -0.1) is 24.0 Å². The normalized spacial score (nSPS) is 10.7. The Morgan fingerprint density at radius 3 is 2.32 bits per heavy atom. The Kier molecular flexibility index (Phi) is 10.5. The van der Waals surface area contributed by atoms with Crippen molar-refractivity contribution in [1.29, 1.82) is 0 Å². The van der Waals surface area contributed by atoms with E-state index in [1.54, 1.807) is 28.4 Å². The Bertz CT molecular complexity index is 781. The van der Waals surface area contributed by atoms with Gasteiger partial charge in [-0.1, -0.05) is 35.9 Å². The van der Waals surface area contributed by atoms with E-state index in [9.17, 15) is 0 Å². The number of ether oxygens (including phenoxy) is 3. The first-order valence-electron chi connectivity index (χ1n) is 8.90. The summed E-state index contributed by atoms with van der Waals surface area (Å²) in [5.41, 5.74) is 3.51. The van der Waals surface area contributed by atoms with E-state index in [0.717, 1.165) is 24.5 Å². The van der Waals surface area contributed by atoms with E-state index in [-0.39, 0.29) is 24.0 Å². The molecule has 0 radical (unpaired) electrons. The van der Waals surface area contributed by atoms with Crippen molar-refractivity contribution in [3.8, 4) is 17.2 Å². The second-order valence-electron chi connectivity index (χ2n) is 6.09. The number of aryl methyl sites for hydroxylation is 1. The Balaban J connectivity index is 0.00000392. The van der Waals surface area contributed by atoms with Gasteiger partial charge in [0.1, 0.15) is 0 Å². The summed E-state index contributed by atoms with van der Waals surface area (Å²) in [6.07, 6.45) is 0.759. The van der Waals surface area contributed by atoms with E-state index in [0.29, 0.717) is 23.8 Å². The van der Waals surface area contributed by atoms with Gasteiger partial charge in [-0.05, 0) is 25.0 Å². The zero-order chi connectivity index (χ0) is 19.6. The molecule has 0 unspecified atom stereocenters. The molecule has 0 spiro atoms. The molecular formula is C21H30IN3O3. The van der Waals surface area contributed by atoms with Gasteiger partial charge < -0.3 is 24.8 Å². The zero-order valence-corrected chi connectivity index (χ0v) is 19.5. The fourth-order valence-corrected chi connectivity index (χ4v) is 2.90. The molecule has 0 saturated carbocycles. The number of benzene rings is 2. The summed E-state index contributed by atoms with van der Waals surface area (Å²) in [6.45, 7) is 3.52. The van der Waals surface area contributed by atoms with Crippen LogP contribution in [0.4, 0.5) is 0 Å². The number of nitrogens with zero attached hydrogens (tertiary/aromatic N) is 1. The van der Waals surface area contributed by atoms with Crippen LogP contribution < -0.4 is 24.8 Å². The predicted octanol–water partition coefficient (Wildman–Crippen LogP) is 3.55. The molecule has 28 heavy (non-hydrogen) atoms. The highest BCUT2D eigenvalue weighted by atomic mass is 127. The molecule has 2 aromatic rings. The monoisotopic (exact) mass is 499 g/mol. The number of rotatable bonds is 8. The summed E-state index contributed by atoms with van der Waals surface area (Å²) < 4.78 is 16.3. The van der Waals surface area contributed by atoms with Gasteiger partial charge in [0.15, 0.2) is 17.5 Å². The average molecular weight is 499 g/mol. The van der Waals surface area contributed by atoms with E-state index < -0.39 is 0 Å². The van der Waals surface area contributed by atoms with Crippen molar-refractivity contribution in [2.75, 3.05) is 34.9 Å². The number of methoxy groups -OCH3 is 3. The van der Waals surface area contributed by atoms with Crippen LogP contribution in [-0.4, -0.2) is 40.9 Å². The quantitative estimate of drug-likeness (QED) is 0.331. The third-order valence-corrected chi connectivity index (χ3v) is 4.24. The third-order valence-electron chi connectivity index (χ3n) is 4.24. The molecule has 7 heteroatoms. The highest BCUT2D eigenvalue weighted by Gasteiger charge is 2.15. The average Bonchev–Trinajstić information content (AvgIpc) is 2.69. The van der Waals surface area contributed by atoms with Crippen molar-refractivity contribution in [3.05, 3.63) is 53.1 Å². The van der Waals surface area contributed by atoms with Crippen LogP contribution >= 0.6 is 24.0 Å². The van der Waals surface area contributed by atoms with Crippen molar-refractivity contribution >= 4 is 29.9 Å². The van der Waals surface area contributed by atoms with Gasteiger partial charge in [-0.2, -0.15) is 0 Å². The maximum Gasteiger partial charge on any atom is 0.203 e. The Morgan fingerprint density at radius 1 is 0.964 bits per heavy atom. The zero-order valence-electron chi connectivity index (χ0n) is 17.2. The predicted molar refractivity (Wildman–Crippen MR) is 125 cm³/mol. The van der Waals surface area contributed by atoms with E-state index in [4.69, 9.17) is 14.2 Å². The Hall–Kier alpha value is -2.16. The van der Waals surface area contributed by atoms with Crippen LogP contribution in [0.2, 0.25) is 0 Å². The topological polar surface area (TPSA) is 64.1 Å². The van der Waals surface area contributed by atoms with Crippen molar-refractivity contribution in [1.82, 2.24) is 10.6 Å². The molecule has 6 nitrogen and oxygen atoms in total. The lowest BCUT2D eigenvalue weighted by Crippen LogP contribution is -2.37. The molecule has 2 rings (SSSR count). The molecule has 0 heterocycles. The minimum atomic E-state index is 0. The van der Waals surface area contributed by atoms with Crippen LogP contribution in [0.25, 0.3) is 0 Å². The summed E-state index contributed by atoms with van der Waals surface area (Å²) in [6, 6.07) is 12.3. The lowest BCUT2D eigenvalue weighted by molar-refractivity contribution is 0.322. The van der Waals surface area contributed by atoms with Crippen molar-refractivity contribution < 1.29 is 14.2 Å². The smallest absolute Gasteiger partial charge is 0.203 e. The lowest BCUT2D eigenvalue weighted by atomic mass is 10.1. The van der Waals surface area contributed by atoms with Gasteiger partial charge >= 0.3 is 0 Å². The molecule has 0 atom stereocenters. The van der Waals surface area contributed by atoms with E-state index in [2.05, 4.69) is 46.8 Å². The number of hydrogen-bond donors (Lipinski definition) is 2. The largest absolute Gasteiger partial charge is 0.493 e. The molecule has 0 aromatic heterocycles. The number of halogens is 1. The molecule has 0 amide bonds. The van der Waals surface area contributed by atoms with Gasteiger partial charge in [-0.25, -0.2) is 0 Å². The first-order valence-corrected chi connectivity index (χ1v) is 8.90. The molecular weight excluding hydrogens is 469 g/mol. The second kappa shape index (κ2) is 12.3. The molecule has 2 N–H and O–H groups in total. The van der Waals surface area contributed by atoms with Crippen molar-refractivity contribution in [3.63, 3.8) is 0 Å². The highest BCUT2D eigenvalue weighted by molar-refractivity contribution is 14.0. The summed E-state index contributed by atoms with van der Waals surface area (Å²) in [5, 5.41) is 6.66. The maximum atomic E-state index is 5.53. The van der Waals surface area contributed by atoms with Crippen LogP contribution in [0, 0.1) is 6.92 Å². The molecule has 0 aliphatic rings. The number of hydrogen-bond acceptors (Lipinski definition) is 4. The minimum Gasteiger partial charge on any atom is -0.493 e. The number of aliphatic imine (C=N–C) groups is 1. The van der Waals surface area contributed by atoms with Gasteiger partial charge in [-0.3, -0.25) is 4.99 Å². The molecule has 0 bridgehead atoms. The molecule has 0 fully saturated rings. The standard InChI is InChI=1S/C21H29N3O3.HI/c1-15-7-6-8-16(13-15)14-24-21(22-2)23-12-11-17-9-10-18(25-3)20(27-5)19(17)26-4;/h6-10,13H,11-12,14H2,1-5H3,(H2,22,23,24);1H. The molecule has 0 aliphatic carbocycles. The van der Waals surface area contributed by atoms with Gasteiger partial charge in [0, 0.05) is 25.7 Å². The van der Waals surface area contributed by atoms with Crippen LogP contribution in [0.15, 0.2) is 41.4 Å². The van der Waals surface area contributed by atoms with Crippen LogP contribution in [-0.2, 0) is 13.0 Å². The first-order chi connectivity index (χ1) is 13.1. The van der Waals surface area contributed by atoms with Gasteiger partial charge in [0.2, 0.25) is 5.75 Å². The van der Waals surface area contributed by atoms with Gasteiger partial charge in [0.25, 0.3) is 0 Å². The van der Waals surface area contributed by atoms with E-state index >= 15 is 0 Å². The molecule has 2 aromatic carbocycles. The summed E-state index contributed by atoms with van der Waals surface area (Å²) in [5.74, 6) is 2.72. The first kappa shape index (κ1) is 23.9. The third kappa shape index (κ3) is 6.47. The van der Waals surface area contributed by atoms with E-state index in [1.807, 2.05) is 12.1 Å². The van der Waals surface area contributed by atoms with Crippen LogP contribution in [0.3, 0.4) is 0 Å². The number of nitrogens with one attached hydrogen (secondary N) is 2. The van der Waals surface area contributed by atoms with E-state index in [1.165, 1.54) is 11.1 Å². The molecule has 0 saturated heterocycles. The van der Waals surface area contributed by atoms with Crippen molar-refractivity contribution in [2.24, 2.45) is 4.99 Å². The Morgan fingerprint density at radius 2 is 1.71 bits per heavy atom. The molecule has 154 valence electrons. The summed E-state index contributed by atoms with van der Waals surface area (Å²) in [4.78, 5) is 4.28. The summed E-state index contributed by atoms with van der Waals surface area (Å²) in [7, 11) is 6.63. The SMILES string of the molecule is CN=C(NCCc1ccc(OC)c(OC)c1OC)NCc1cccc(C)c1.I. The van der Waals surface area contributed by atoms with Crippen molar-refractivity contribution in [2.45, 2.75) is 19.9 Å². The summed E-state index contributed by atoms with van der Waals surface area (Å²) >= 11 is 0. The van der Waals surface area contributed by atoms with Crippen LogP contribution in [0.5, 0.6) is 17.2 Å². The highest BCUT2D eigenvalue weighted by Crippen LogP contribution is 2.39. The Labute approximate surface area is 184 Å². The lowest BCUT2D eigenvalue weighted by Gasteiger charge is -2.16. The second-order valence-corrected chi connectivity index (χ2v) is 6.09.